The lowest BCUT2D eigenvalue weighted by atomic mass is 10.3. The minimum Gasteiger partial charge on any atom is -0.324 e. The van der Waals surface area contributed by atoms with Crippen LogP contribution in [-0.4, -0.2) is 26.8 Å². The summed E-state index contributed by atoms with van der Waals surface area (Å²) in [6.45, 7) is 2.08. The van der Waals surface area contributed by atoms with Crippen molar-refractivity contribution in [2.45, 2.75) is 24.9 Å². The average Bonchev–Trinajstić information content (AvgIpc) is 2.87. The zero-order chi connectivity index (χ0) is 14.4. The summed E-state index contributed by atoms with van der Waals surface area (Å²) < 4.78 is 0. The number of nitrogens with one attached hydrogen (secondary N) is 2. The van der Waals surface area contributed by atoms with Crippen molar-refractivity contribution >= 4 is 35.0 Å². The molecule has 20 heavy (non-hydrogen) atoms. The average molecular weight is 311 g/mol. The predicted molar refractivity (Wildman–Crippen MR) is 81.2 cm³/mol. The van der Waals surface area contributed by atoms with E-state index < -0.39 is 0 Å². The molecule has 0 bridgehead atoms. The van der Waals surface area contributed by atoms with Gasteiger partial charge in [0.2, 0.25) is 11.1 Å². The molecule has 106 valence electrons. The highest BCUT2D eigenvalue weighted by atomic mass is 35.5. The van der Waals surface area contributed by atoms with Crippen molar-refractivity contribution in [1.29, 1.82) is 0 Å². The maximum atomic E-state index is 11.8. The predicted octanol–water partition coefficient (Wildman–Crippen LogP) is 3.14. The molecule has 2 rings (SSSR count). The first kappa shape index (κ1) is 14.9. The zero-order valence-corrected chi connectivity index (χ0v) is 12.6. The van der Waals surface area contributed by atoms with Crippen molar-refractivity contribution in [2.24, 2.45) is 0 Å². The highest BCUT2D eigenvalue weighted by Crippen LogP contribution is 2.21. The van der Waals surface area contributed by atoms with Gasteiger partial charge in [-0.15, -0.1) is 5.10 Å². The van der Waals surface area contributed by atoms with Crippen molar-refractivity contribution in [2.75, 3.05) is 11.1 Å². The normalized spacial score (nSPS) is 10.5. The third-order valence-electron chi connectivity index (χ3n) is 2.48. The van der Waals surface area contributed by atoms with E-state index in [4.69, 9.17) is 11.6 Å². The molecule has 1 aromatic heterocycles. The fraction of sp³-hybridized carbons (Fsp3) is 0.308. The van der Waals surface area contributed by atoms with E-state index in [1.165, 1.54) is 11.8 Å². The number of aromatic amines is 1. The van der Waals surface area contributed by atoms with Crippen molar-refractivity contribution in [3.05, 3.63) is 35.1 Å². The number of hydrogen-bond acceptors (Lipinski definition) is 4. The number of carbonyl (C=O) groups excluding carboxylic acids is 1. The minimum atomic E-state index is -0.134. The number of amides is 1. The summed E-state index contributed by atoms with van der Waals surface area (Å²) in [4.78, 5) is 16.1. The SMILES string of the molecule is CCCc1nc(SCC(=O)Nc2ccccc2Cl)n[nH]1. The fourth-order valence-corrected chi connectivity index (χ4v) is 2.37. The van der Waals surface area contributed by atoms with Gasteiger partial charge in [-0.25, -0.2) is 4.98 Å². The molecule has 0 spiro atoms. The van der Waals surface area contributed by atoms with E-state index in [9.17, 15) is 4.79 Å². The number of para-hydroxylation sites is 1. The van der Waals surface area contributed by atoms with Crippen LogP contribution in [0.15, 0.2) is 29.4 Å². The largest absolute Gasteiger partial charge is 0.324 e. The quantitative estimate of drug-likeness (QED) is 0.804. The fourth-order valence-electron chi connectivity index (χ4n) is 1.57. The van der Waals surface area contributed by atoms with Gasteiger partial charge >= 0.3 is 0 Å². The number of aryl methyl sites for hydroxylation is 1. The van der Waals surface area contributed by atoms with E-state index in [2.05, 4.69) is 27.4 Å². The summed E-state index contributed by atoms with van der Waals surface area (Å²) in [5.74, 6) is 0.959. The molecular formula is C13H15ClN4OS. The van der Waals surface area contributed by atoms with Gasteiger partial charge in [-0.05, 0) is 18.6 Å². The van der Waals surface area contributed by atoms with Crippen molar-refractivity contribution in [1.82, 2.24) is 15.2 Å². The van der Waals surface area contributed by atoms with E-state index in [1.807, 2.05) is 12.1 Å². The summed E-state index contributed by atoms with van der Waals surface area (Å²) in [5.41, 5.74) is 0.612. The van der Waals surface area contributed by atoms with Crippen LogP contribution in [0.2, 0.25) is 5.02 Å². The summed E-state index contributed by atoms with van der Waals surface area (Å²) in [6, 6.07) is 7.13. The number of halogens is 1. The van der Waals surface area contributed by atoms with E-state index in [1.54, 1.807) is 12.1 Å². The van der Waals surface area contributed by atoms with Crippen LogP contribution in [0.5, 0.6) is 0 Å². The molecule has 0 aliphatic rings. The maximum absolute atomic E-state index is 11.8. The molecule has 0 aliphatic heterocycles. The van der Waals surface area contributed by atoms with E-state index in [-0.39, 0.29) is 11.7 Å². The first-order valence-corrected chi connectivity index (χ1v) is 7.64. The lowest BCUT2D eigenvalue weighted by Crippen LogP contribution is -2.14. The van der Waals surface area contributed by atoms with Gasteiger partial charge in [0, 0.05) is 6.42 Å². The van der Waals surface area contributed by atoms with E-state index in [0.29, 0.717) is 15.9 Å². The second-order valence-corrected chi connectivity index (χ2v) is 5.48. The van der Waals surface area contributed by atoms with E-state index in [0.717, 1.165) is 18.7 Å². The van der Waals surface area contributed by atoms with Gasteiger partial charge in [0.1, 0.15) is 5.82 Å². The third-order valence-corrected chi connectivity index (χ3v) is 3.66. The van der Waals surface area contributed by atoms with Gasteiger partial charge in [-0.1, -0.05) is 42.4 Å². The molecule has 2 N–H and O–H groups in total. The Labute approximate surface area is 126 Å². The van der Waals surface area contributed by atoms with Crippen LogP contribution in [0.25, 0.3) is 0 Å². The monoisotopic (exact) mass is 310 g/mol. The Morgan fingerprint density at radius 2 is 2.25 bits per heavy atom. The Morgan fingerprint density at radius 3 is 3.00 bits per heavy atom. The lowest BCUT2D eigenvalue weighted by Gasteiger charge is -2.05. The Kier molecular flexibility index (Phi) is 5.43. The number of rotatable bonds is 6. The van der Waals surface area contributed by atoms with Crippen LogP contribution >= 0.6 is 23.4 Å². The van der Waals surface area contributed by atoms with Gasteiger partial charge in [-0.2, -0.15) is 0 Å². The molecule has 1 aromatic carbocycles. The maximum Gasteiger partial charge on any atom is 0.234 e. The summed E-state index contributed by atoms with van der Waals surface area (Å²) in [6.07, 6.45) is 1.87. The zero-order valence-electron chi connectivity index (χ0n) is 11.0. The second kappa shape index (κ2) is 7.31. The molecule has 5 nitrogen and oxygen atoms in total. The number of carbonyl (C=O) groups is 1. The number of anilines is 1. The summed E-state index contributed by atoms with van der Waals surface area (Å²) in [5, 5.41) is 10.8. The number of thioether (sulfide) groups is 1. The Balaban J connectivity index is 1.84. The molecule has 7 heteroatoms. The van der Waals surface area contributed by atoms with Gasteiger partial charge < -0.3 is 5.32 Å². The lowest BCUT2D eigenvalue weighted by molar-refractivity contribution is -0.113. The molecule has 0 saturated heterocycles. The van der Waals surface area contributed by atoms with Crippen LogP contribution in [-0.2, 0) is 11.2 Å². The highest BCUT2D eigenvalue weighted by molar-refractivity contribution is 7.99. The van der Waals surface area contributed by atoms with Crippen LogP contribution in [0.1, 0.15) is 19.2 Å². The third kappa shape index (κ3) is 4.25. The highest BCUT2D eigenvalue weighted by Gasteiger charge is 2.09. The van der Waals surface area contributed by atoms with Crippen molar-refractivity contribution in [3.63, 3.8) is 0 Å². The number of aromatic nitrogens is 3. The van der Waals surface area contributed by atoms with Gasteiger partial charge in [-0.3, -0.25) is 9.89 Å². The van der Waals surface area contributed by atoms with Crippen LogP contribution < -0.4 is 5.32 Å². The van der Waals surface area contributed by atoms with Gasteiger partial charge in [0.25, 0.3) is 0 Å². The number of benzene rings is 1. The number of H-pyrrole nitrogens is 1. The van der Waals surface area contributed by atoms with Crippen molar-refractivity contribution < 1.29 is 4.79 Å². The topological polar surface area (TPSA) is 70.7 Å². The molecule has 0 atom stereocenters. The molecule has 1 heterocycles. The minimum absolute atomic E-state index is 0.134. The van der Waals surface area contributed by atoms with E-state index >= 15 is 0 Å². The van der Waals surface area contributed by atoms with Crippen molar-refractivity contribution in [3.8, 4) is 0 Å². The molecular weight excluding hydrogens is 296 g/mol. The molecule has 0 aliphatic carbocycles. The molecule has 0 fully saturated rings. The number of hydrogen-bond donors (Lipinski definition) is 2. The number of nitrogens with zero attached hydrogens (tertiary/aromatic N) is 2. The van der Waals surface area contributed by atoms with Gasteiger partial charge in [0.15, 0.2) is 0 Å². The molecule has 0 radical (unpaired) electrons. The standard InChI is InChI=1S/C13H15ClN4OS/c1-2-5-11-16-13(18-17-11)20-8-12(19)15-10-7-4-3-6-9(10)14/h3-4,6-7H,2,5,8H2,1H3,(H,15,19)(H,16,17,18). The molecule has 2 aromatic rings. The van der Waals surface area contributed by atoms with Crippen LogP contribution in [0.4, 0.5) is 5.69 Å². The van der Waals surface area contributed by atoms with Crippen LogP contribution in [0.3, 0.4) is 0 Å². The van der Waals surface area contributed by atoms with Crippen LogP contribution in [0, 0.1) is 0 Å². The Bertz CT molecular complexity index is 587. The Hall–Kier alpha value is -1.53. The van der Waals surface area contributed by atoms with Gasteiger partial charge in [0.05, 0.1) is 16.5 Å². The second-order valence-electron chi connectivity index (χ2n) is 4.13. The molecule has 0 saturated carbocycles. The molecule has 1 amide bonds. The summed E-state index contributed by atoms with van der Waals surface area (Å²) >= 11 is 7.26. The Morgan fingerprint density at radius 1 is 1.45 bits per heavy atom. The first-order chi connectivity index (χ1) is 9.69. The first-order valence-electron chi connectivity index (χ1n) is 6.27. The smallest absolute Gasteiger partial charge is 0.234 e. The molecule has 0 unspecified atom stereocenters. The summed E-state index contributed by atoms with van der Waals surface area (Å²) in [7, 11) is 0.